The van der Waals surface area contributed by atoms with E-state index in [9.17, 15) is 9.59 Å². The molecule has 6 nitrogen and oxygen atoms in total. The van der Waals surface area contributed by atoms with Crippen LogP contribution >= 0.6 is 11.8 Å². The van der Waals surface area contributed by atoms with Crippen molar-refractivity contribution in [3.05, 3.63) is 54.1 Å². The van der Waals surface area contributed by atoms with Crippen molar-refractivity contribution in [2.24, 2.45) is 0 Å². The summed E-state index contributed by atoms with van der Waals surface area (Å²) in [6, 6.07) is 14.2. The van der Waals surface area contributed by atoms with E-state index in [-0.39, 0.29) is 13.2 Å². The fourth-order valence-corrected chi connectivity index (χ4v) is 2.49. The third kappa shape index (κ3) is 5.81. The number of nitrogens with one attached hydrogen (secondary N) is 2. The lowest BCUT2D eigenvalue weighted by Crippen LogP contribution is -2.21. The molecule has 0 aromatic heterocycles. The Bertz CT molecular complexity index is 719. The van der Waals surface area contributed by atoms with Crippen LogP contribution in [0.15, 0.2) is 53.4 Å². The van der Waals surface area contributed by atoms with E-state index in [4.69, 9.17) is 9.84 Å². The van der Waals surface area contributed by atoms with Crippen LogP contribution in [-0.4, -0.2) is 43.0 Å². The lowest BCUT2D eigenvalue weighted by atomic mass is 10.2. The SMILES string of the molecule is CSc1ccc(NC(=O)COC(=O)c2ccccc2NCCO)cc1. The lowest BCUT2D eigenvalue weighted by Gasteiger charge is -2.11. The van der Waals surface area contributed by atoms with Crippen LogP contribution in [0, 0.1) is 0 Å². The third-order valence-electron chi connectivity index (χ3n) is 3.28. The molecular weight excluding hydrogens is 340 g/mol. The number of hydrogen-bond donors (Lipinski definition) is 3. The minimum Gasteiger partial charge on any atom is -0.452 e. The number of amides is 1. The van der Waals surface area contributed by atoms with E-state index in [0.717, 1.165) is 4.90 Å². The predicted octanol–water partition coefficient (Wildman–Crippen LogP) is 2.61. The van der Waals surface area contributed by atoms with Gasteiger partial charge < -0.3 is 20.5 Å². The van der Waals surface area contributed by atoms with Gasteiger partial charge in [-0.25, -0.2) is 4.79 Å². The number of aliphatic hydroxyl groups excluding tert-OH is 1. The standard InChI is InChI=1S/C18H20N2O4S/c1-25-14-8-6-13(7-9-14)20-17(22)12-24-18(23)15-4-2-3-5-16(15)19-10-11-21/h2-9,19,21H,10-12H2,1H3,(H,20,22). The Balaban J connectivity index is 1.89. The Hall–Kier alpha value is -2.51. The van der Waals surface area contributed by atoms with Crippen molar-refractivity contribution in [1.82, 2.24) is 0 Å². The first-order chi connectivity index (χ1) is 12.1. The number of hydrogen-bond acceptors (Lipinski definition) is 6. The van der Waals surface area contributed by atoms with E-state index in [0.29, 0.717) is 23.5 Å². The van der Waals surface area contributed by atoms with Gasteiger partial charge in [-0.15, -0.1) is 11.8 Å². The molecule has 0 aliphatic rings. The summed E-state index contributed by atoms with van der Waals surface area (Å²) in [5.41, 5.74) is 1.51. The van der Waals surface area contributed by atoms with Crippen LogP contribution in [0.4, 0.5) is 11.4 Å². The molecule has 2 aromatic rings. The normalized spacial score (nSPS) is 10.2. The molecule has 0 bridgehead atoms. The number of thioether (sulfide) groups is 1. The Labute approximate surface area is 150 Å². The number of carbonyl (C=O) groups is 2. The molecule has 0 spiro atoms. The summed E-state index contributed by atoms with van der Waals surface area (Å²) in [4.78, 5) is 25.2. The van der Waals surface area contributed by atoms with Gasteiger partial charge in [0.15, 0.2) is 6.61 Å². The molecule has 0 aliphatic carbocycles. The molecule has 0 saturated carbocycles. The molecule has 132 valence electrons. The van der Waals surface area contributed by atoms with Gasteiger partial charge in [-0.2, -0.15) is 0 Å². The number of carbonyl (C=O) groups excluding carboxylic acids is 2. The van der Waals surface area contributed by atoms with Gasteiger partial charge in [0.05, 0.1) is 12.2 Å². The quantitative estimate of drug-likeness (QED) is 0.495. The maximum absolute atomic E-state index is 12.2. The highest BCUT2D eigenvalue weighted by Gasteiger charge is 2.14. The predicted molar refractivity (Wildman–Crippen MR) is 99.2 cm³/mol. The summed E-state index contributed by atoms with van der Waals surface area (Å²) >= 11 is 1.61. The van der Waals surface area contributed by atoms with E-state index in [2.05, 4.69) is 10.6 Å². The van der Waals surface area contributed by atoms with Crippen LogP contribution < -0.4 is 10.6 Å². The van der Waals surface area contributed by atoms with Crippen LogP contribution in [-0.2, 0) is 9.53 Å². The molecule has 0 radical (unpaired) electrons. The van der Waals surface area contributed by atoms with Crippen LogP contribution in [0.5, 0.6) is 0 Å². The van der Waals surface area contributed by atoms with Gasteiger partial charge >= 0.3 is 5.97 Å². The molecule has 0 atom stereocenters. The summed E-state index contributed by atoms with van der Waals surface area (Å²) in [5, 5.41) is 14.5. The Kier molecular flexibility index (Phi) is 7.31. The van der Waals surface area contributed by atoms with Crippen molar-refractivity contribution in [2.45, 2.75) is 4.90 Å². The van der Waals surface area contributed by atoms with Crippen LogP contribution in [0.25, 0.3) is 0 Å². The van der Waals surface area contributed by atoms with Gasteiger partial charge in [0.25, 0.3) is 5.91 Å². The van der Waals surface area contributed by atoms with E-state index in [1.165, 1.54) is 0 Å². The van der Waals surface area contributed by atoms with Crippen LogP contribution in [0.1, 0.15) is 10.4 Å². The van der Waals surface area contributed by atoms with Gasteiger partial charge in [0, 0.05) is 22.8 Å². The number of anilines is 2. The largest absolute Gasteiger partial charge is 0.452 e. The van der Waals surface area contributed by atoms with Gasteiger partial charge in [0.1, 0.15) is 0 Å². The molecule has 0 fully saturated rings. The summed E-state index contributed by atoms with van der Waals surface area (Å²) < 4.78 is 5.07. The van der Waals surface area contributed by atoms with Gasteiger partial charge in [-0.1, -0.05) is 12.1 Å². The molecule has 25 heavy (non-hydrogen) atoms. The first kappa shape index (κ1) is 18.8. The number of para-hydroxylation sites is 1. The lowest BCUT2D eigenvalue weighted by molar-refractivity contribution is -0.119. The van der Waals surface area contributed by atoms with Crippen molar-refractivity contribution in [3.8, 4) is 0 Å². The molecule has 0 heterocycles. The highest BCUT2D eigenvalue weighted by Crippen LogP contribution is 2.18. The maximum Gasteiger partial charge on any atom is 0.340 e. The first-order valence-corrected chi connectivity index (χ1v) is 8.91. The fraction of sp³-hybridized carbons (Fsp3) is 0.222. The van der Waals surface area contributed by atoms with Gasteiger partial charge in [-0.05, 0) is 42.7 Å². The monoisotopic (exact) mass is 360 g/mol. The number of aliphatic hydroxyl groups is 1. The Morgan fingerprint density at radius 3 is 2.52 bits per heavy atom. The summed E-state index contributed by atoms with van der Waals surface area (Å²) in [6.07, 6.45) is 1.97. The molecule has 0 aliphatic heterocycles. The number of ether oxygens (including phenoxy) is 1. The Morgan fingerprint density at radius 2 is 1.84 bits per heavy atom. The number of rotatable bonds is 8. The highest BCUT2D eigenvalue weighted by atomic mass is 32.2. The van der Waals surface area contributed by atoms with E-state index in [1.54, 1.807) is 48.2 Å². The molecule has 3 N–H and O–H groups in total. The average molecular weight is 360 g/mol. The summed E-state index contributed by atoms with van der Waals surface area (Å²) in [7, 11) is 0. The zero-order valence-electron chi connectivity index (χ0n) is 13.8. The highest BCUT2D eigenvalue weighted by molar-refractivity contribution is 7.98. The van der Waals surface area contributed by atoms with Crippen molar-refractivity contribution >= 4 is 35.0 Å². The second kappa shape index (κ2) is 9.71. The van der Waals surface area contributed by atoms with Crippen molar-refractivity contribution < 1.29 is 19.4 Å². The minimum absolute atomic E-state index is 0.0544. The smallest absolute Gasteiger partial charge is 0.340 e. The molecule has 7 heteroatoms. The molecule has 2 rings (SSSR count). The van der Waals surface area contributed by atoms with Crippen LogP contribution in [0.2, 0.25) is 0 Å². The third-order valence-corrected chi connectivity index (χ3v) is 4.03. The molecular formula is C18H20N2O4S. The van der Waals surface area contributed by atoms with Crippen molar-refractivity contribution in [1.29, 1.82) is 0 Å². The summed E-state index contributed by atoms with van der Waals surface area (Å²) in [6.45, 7) is -0.116. The number of benzene rings is 2. The average Bonchev–Trinajstić information content (AvgIpc) is 2.65. The molecule has 2 aromatic carbocycles. The zero-order valence-corrected chi connectivity index (χ0v) is 14.6. The second-order valence-electron chi connectivity index (χ2n) is 5.05. The van der Waals surface area contributed by atoms with Gasteiger partial charge in [-0.3, -0.25) is 4.79 Å². The molecule has 0 unspecified atom stereocenters. The molecule has 1 amide bonds. The van der Waals surface area contributed by atoms with Crippen LogP contribution in [0.3, 0.4) is 0 Å². The van der Waals surface area contributed by atoms with Crippen molar-refractivity contribution in [3.63, 3.8) is 0 Å². The van der Waals surface area contributed by atoms with Crippen molar-refractivity contribution in [2.75, 3.05) is 36.6 Å². The minimum atomic E-state index is -0.603. The second-order valence-corrected chi connectivity index (χ2v) is 5.93. The first-order valence-electron chi connectivity index (χ1n) is 7.69. The summed E-state index contributed by atoms with van der Waals surface area (Å²) in [5.74, 6) is -1.01. The van der Waals surface area contributed by atoms with E-state index in [1.807, 2.05) is 18.4 Å². The Morgan fingerprint density at radius 1 is 1.12 bits per heavy atom. The van der Waals surface area contributed by atoms with E-state index < -0.39 is 11.9 Å². The topological polar surface area (TPSA) is 87.7 Å². The van der Waals surface area contributed by atoms with E-state index >= 15 is 0 Å². The number of esters is 1. The molecule has 0 saturated heterocycles. The zero-order chi connectivity index (χ0) is 18.1. The fourth-order valence-electron chi connectivity index (χ4n) is 2.09. The van der Waals surface area contributed by atoms with Gasteiger partial charge in [0.2, 0.25) is 0 Å². The maximum atomic E-state index is 12.2.